The molecular weight excluding hydrogens is 464 g/mol. The van der Waals surface area contributed by atoms with Crippen LogP contribution in [0.1, 0.15) is 130 Å². The van der Waals surface area contributed by atoms with Gasteiger partial charge in [0, 0.05) is 24.7 Å². The normalized spacial score (nSPS) is 14.2. The van der Waals surface area contributed by atoms with E-state index in [0.717, 1.165) is 103 Å². The van der Waals surface area contributed by atoms with E-state index in [0.29, 0.717) is 13.2 Å². The fourth-order valence-electron chi connectivity index (χ4n) is 4.00. The summed E-state index contributed by atoms with van der Waals surface area (Å²) in [5.41, 5.74) is 0. The van der Waals surface area contributed by atoms with Gasteiger partial charge in [-0.05, 0) is 64.2 Å². The van der Waals surface area contributed by atoms with Gasteiger partial charge in [-0.1, -0.05) is 65.2 Å². The average Bonchev–Trinajstić information content (AvgIpc) is 2.89. The maximum Gasteiger partial charge on any atom is 0.149 e. The van der Waals surface area contributed by atoms with Crippen molar-refractivity contribution in [2.75, 3.05) is 26.8 Å². The van der Waals surface area contributed by atoms with E-state index in [1.54, 1.807) is 0 Å². The number of aliphatic hydroxyl groups excluding tert-OH is 2. The highest BCUT2D eigenvalue weighted by atomic mass is 16.7. The number of aliphatic hydroxyl groups is 2. The molecule has 216 valence electrons. The number of hydrogen-bond donors (Lipinski definition) is 2. The number of hydrogen-bond acceptors (Lipinski definition) is 5. The van der Waals surface area contributed by atoms with E-state index in [9.17, 15) is 10.2 Å². The van der Waals surface area contributed by atoms with Crippen molar-refractivity contribution < 1.29 is 24.4 Å². The van der Waals surface area contributed by atoms with E-state index >= 15 is 0 Å². The van der Waals surface area contributed by atoms with Gasteiger partial charge < -0.3 is 24.4 Å². The zero-order chi connectivity index (χ0) is 27.4. The Hall–Kier alpha value is -1.08. The van der Waals surface area contributed by atoms with E-state index in [4.69, 9.17) is 14.2 Å². The molecule has 0 bridgehead atoms. The van der Waals surface area contributed by atoms with Gasteiger partial charge in [0.15, 0.2) is 0 Å². The third-order valence-electron chi connectivity index (χ3n) is 6.42. The number of unbranched alkanes of at least 4 members (excludes halogenated alkanes) is 4. The summed E-state index contributed by atoms with van der Waals surface area (Å²) in [4.78, 5) is 0. The van der Waals surface area contributed by atoms with Crippen molar-refractivity contribution in [1.82, 2.24) is 0 Å². The molecule has 0 rings (SSSR count). The molecule has 5 nitrogen and oxygen atoms in total. The van der Waals surface area contributed by atoms with Gasteiger partial charge in [0.1, 0.15) is 13.6 Å². The summed E-state index contributed by atoms with van der Waals surface area (Å²) < 4.78 is 16.8. The molecule has 0 aromatic heterocycles. The second-order valence-corrected chi connectivity index (χ2v) is 10.1. The highest BCUT2D eigenvalue weighted by Crippen LogP contribution is 2.16. The zero-order valence-electron chi connectivity index (χ0n) is 24.6. The predicted molar refractivity (Wildman–Crippen MR) is 154 cm³/mol. The molecule has 4 unspecified atom stereocenters. The molecule has 4 atom stereocenters. The zero-order valence-corrected chi connectivity index (χ0v) is 24.6. The van der Waals surface area contributed by atoms with Gasteiger partial charge >= 0.3 is 0 Å². The second-order valence-electron chi connectivity index (χ2n) is 10.1. The smallest absolute Gasteiger partial charge is 0.149 e. The third-order valence-corrected chi connectivity index (χ3v) is 6.42. The third kappa shape index (κ3) is 25.0. The Morgan fingerprint density at radius 3 is 1.32 bits per heavy atom. The summed E-state index contributed by atoms with van der Waals surface area (Å²) >= 11 is 0. The first-order chi connectivity index (χ1) is 18.1. The van der Waals surface area contributed by atoms with Gasteiger partial charge in [-0.25, -0.2) is 0 Å². The Kier molecular flexibility index (Phi) is 27.1. The molecular formula is C32H58O5. The summed E-state index contributed by atoms with van der Waals surface area (Å²) in [5, 5.41) is 20.1. The van der Waals surface area contributed by atoms with Gasteiger partial charge in [0.2, 0.25) is 0 Å². The van der Waals surface area contributed by atoms with Crippen LogP contribution in [0.3, 0.4) is 0 Å². The van der Waals surface area contributed by atoms with E-state index in [1.165, 1.54) is 0 Å². The van der Waals surface area contributed by atoms with Gasteiger partial charge in [0.25, 0.3) is 0 Å². The molecule has 0 radical (unpaired) electrons. The summed E-state index contributed by atoms with van der Waals surface area (Å²) in [5.74, 6) is 13.9. The monoisotopic (exact) mass is 522 g/mol. The summed E-state index contributed by atoms with van der Waals surface area (Å²) in [7, 11) is 0. The minimum absolute atomic E-state index is 0.206. The van der Waals surface area contributed by atoms with Crippen LogP contribution in [0, 0.1) is 35.5 Å². The SMILES string of the molecule is CCCCC#CC(CCOCOCOCCC(C#CCCCC)CCC(O)CCC)CCC(O)CCC. The molecule has 2 N–H and O–H groups in total. The molecule has 0 aliphatic carbocycles. The molecule has 0 aromatic rings. The van der Waals surface area contributed by atoms with Gasteiger partial charge in [0.05, 0.1) is 25.4 Å². The lowest BCUT2D eigenvalue weighted by Gasteiger charge is -2.15. The van der Waals surface area contributed by atoms with Crippen LogP contribution in [-0.2, 0) is 14.2 Å². The molecule has 0 heterocycles. The van der Waals surface area contributed by atoms with E-state index in [1.807, 2.05) is 0 Å². The Morgan fingerprint density at radius 2 is 0.946 bits per heavy atom. The largest absolute Gasteiger partial charge is 0.393 e. The standard InChI is InChI=1S/C32H58O5/c1-5-9-11-13-17-29(19-21-31(33)15-7-3)23-25-35-27-37-28-36-26-24-30(18-14-12-10-6-2)20-22-32(34)16-8-4/h29-34H,5-12,15-16,19-28H2,1-4H3. The summed E-state index contributed by atoms with van der Waals surface area (Å²) in [6, 6.07) is 0. The fourth-order valence-corrected chi connectivity index (χ4v) is 4.00. The Bertz CT molecular complexity index is 548. The molecule has 0 saturated heterocycles. The highest BCUT2D eigenvalue weighted by molar-refractivity contribution is 5.04. The molecule has 0 saturated carbocycles. The van der Waals surface area contributed by atoms with Crippen LogP contribution in [0.5, 0.6) is 0 Å². The Labute approximate surface area is 229 Å². The maximum atomic E-state index is 10.1. The van der Waals surface area contributed by atoms with Crippen molar-refractivity contribution >= 4 is 0 Å². The molecule has 0 aliphatic rings. The first kappa shape index (κ1) is 35.9. The Morgan fingerprint density at radius 1 is 0.514 bits per heavy atom. The van der Waals surface area contributed by atoms with Crippen LogP contribution in [-0.4, -0.2) is 49.2 Å². The van der Waals surface area contributed by atoms with Crippen LogP contribution < -0.4 is 0 Å². The molecule has 37 heavy (non-hydrogen) atoms. The number of ether oxygens (including phenoxy) is 3. The van der Waals surface area contributed by atoms with Crippen LogP contribution in [0.15, 0.2) is 0 Å². The Balaban J connectivity index is 4.17. The average molecular weight is 523 g/mol. The number of rotatable bonds is 24. The van der Waals surface area contributed by atoms with Crippen molar-refractivity contribution in [1.29, 1.82) is 0 Å². The summed E-state index contributed by atoms with van der Waals surface area (Å²) in [6.45, 7) is 10.2. The maximum absolute atomic E-state index is 10.1. The topological polar surface area (TPSA) is 68.2 Å². The lowest BCUT2D eigenvalue weighted by Crippen LogP contribution is -2.13. The molecule has 0 aromatic carbocycles. The molecule has 5 heteroatoms. The van der Waals surface area contributed by atoms with Gasteiger partial charge in [-0.2, -0.15) is 0 Å². The van der Waals surface area contributed by atoms with Crippen LogP contribution in [0.4, 0.5) is 0 Å². The first-order valence-electron chi connectivity index (χ1n) is 15.1. The lowest BCUT2D eigenvalue weighted by atomic mass is 9.96. The molecule has 0 amide bonds. The van der Waals surface area contributed by atoms with Crippen molar-refractivity contribution in [3.05, 3.63) is 0 Å². The van der Waals surface area contributed by atoms with Crippen LogP contribution >= 0.6 is 0 Å². The van der Waals surface area contributed by atoms with Crippen molar-refractivity contribution in [3.63, 3.8) is 0 Å². The van der Waals surface area contributed by atoms with E-state index in [-0.39, 0.29) is 37.6 Å². The van der Waals surface area contributed by atoms with E-state index < -0.39 is 0 Å². The second kappa shape index (κ2) is 27.9. The van der Waals surface area contributed by atoms with Crippen LogP contribution in [0.2, 0.25) is 0 Å². The van der Waals surface area contributed by atoms with E-state index in [2.05, 4.69) is 51.4 Å². The van der Waals surface area contributed by atoms with Crippen molar-refractivity contribution in [2.45, 2.75) is 143 Å². The highest BCUT2D eigenvalue weighted by Gasteiger charge is 2.11. The van der Waals surface area contributed by atoms with Crippen LogP contribution in [0.25, 0.3) is 0 Å². The summed E-state index contributed by atoms with van der Waals surface area (Å²) in [6.07, 6.45) is 14.9. The minimum Gasteiger partial charge on any atom is -0.393 e. The fraction of sp³-hybridized carbons (Fsp3) is 0.875. The van der Waals surface area contributed by atoms with Gasteiger partial charge in [-0.3, -0.25) is 0 Å². The minimum atomic E-state index is -0.227. The molecule has 0 fully saturated rings. The van der Waals surface area contributed by atoms with Crippen molar-refractivity contribution in [2.24, 2.45) is 11.8 Å². The lowest BCUT2D eigenvalue weighted by molar-refractivity contribution is -0.132. The van der Waals surface area contributed by atoms with Gasteiger partial charge in [-0.15, -0.1) is 11.8 Å². The predicted octanol–water partition coefficient (Wildman–Crippen LogP) is 7.23. The molecule has 0 aliphatic heterocycles. The first-order valence-corrected chi connectivity index (χ1v) is 15.1. The molecule has 0 spiro atoms. The quantitative estimate of drug-likeness (QED) is 0.0795. The van der Waals surface area contributed by atoms with Crippen molar-refractivity contribution in [3.8, 4) is 23.7 Å².